The lowest BCUT2D eigenvalue weighted by Crippen LogP contribution is -2.31. The zero-order valence-electron chi connectivity index (χ0n) is 9.93. The van der Waals surface area contributed by atoms with E-state index < -0.39 is 12.1 Å². The smallest absolute Gasteiger partial charge is 0.121 e. The molecule has 0 aliphatic heterocycles. The minimum absolute atomic E-state index is 0. The Balaban J connectivity index is 0.00000256. The number of hydrogen-bond acceptors (Lipinski definition) is 3. The average Bonchev–Trinajstić information content (AvgIpc) is 2.26. The molecule has 5 heteroatoms. The van der Waals surface area contributed by atoms with Gasteiger partial charge in [0, 0.05) is 10.0 Å². The van der Waals surface area contributed by atoms with E-state index in [0.29, 0.717) is 5.56 Å². The standard InChI is InChI=1S/C12H18BrNO2.ClH/c1-3-7(2)12(16)11(14)9-5-4-8(13)6-10(9)15;/h4-7,11-12,15-16H,3,14H2,1-2H3;1H/t7?,11-,12+;/m0./s1. The number of nitrogens with two attached hydrogens (primary N) is 1. The third kappa shape index (κ3) is 4.14. The molecule has 3 atom stereocenters. The monoisotopic (exact) mass is 323 g/mol. The summed E-state index contributed by atoms with van der Waals surface area (Å²) in [5.41, 5.74) is 6.52. The second-order valence-electron chi connectivity index (χ2n) is 4.11. The highest BCUT2D eigenvalue weighted by Gasteiger charge is 2.23. The number of benzene rings is 1. The van der Waals surface area contributed by atoms with Crippen LogP contribution in [0, 0.1) is 5.92 Å². The van der Waals surface area contributed by atoms with E-state index in [1.54, 1.807) is 18.2 Å². The van der Waals surface area contributed by atoms with Gasteiger partial charge in [0.15, 0.2) is 0 Å². The van der Waals surface area contributed by atoms with Gasteiger partial charge in [-0.1, -0.05) is 42.3 Å². The maximum atomic E-state index is 9.99. The molecule has 1 rings (SSSR count). The first-order chi connectivity index (χ1) is 7.47. The Bertz CT molecular complexity index is 362. The molecule has 0 radical (unpaired) electrons. The SMILES string of the molecule is CCC(C)[C@@H](O)[C@@H](N)c1ccc(Br)cc1O.Cl. The third-order valence-electron chi connectivity index (χ3n) is 2.95. The van der Waals surface area contributed by atoms with E-state index in [0.717, 1.165) is 10.9 Å². The third-order valence-corrected chi connectivity index (χ3v) is 3.44. The largest absolute Gasteiger partial charge is 0.508 e. The molecule has 0 aliphatic carbocycles. The molecule has 1 aromatic carbocycles. The summed E-state index contributed by atoms with van der Waals surface area (Å²) in [7, 11) is 0. The van der Waals surface area contributed by atoms with Crippen LogP contribution in [0.2, 0.25) is 0 Å². The summed E-state index contributed by atoms with van der Waals surface area (Å²) in [6.07, 6.45) is 0.212. The fourth-order valence-electron chi connectivity index (χ4n) is 1.58. The second-order valence-corrected chi connectivity index (χ2v) is 5.02. The summed E-state index contributed by atoms with van der Waals surface area (Å²) in [6.45, 7) is 3.95. The molecule has 0 aromatic heterocycles. The first-order valence-electron chi connectivity index (χ1n) is 5.39. The van der Waals surface area contributed by atoms with Gasteiger partial charge >= 0.3 is 0 Å². The van der Waals surface area contributed by atoms with Crippen molar-refractivity contribution in [3.8, 4) is 5.75 Å². The molecule has 4 N–H and O–H groups in total. The molecule has 0 aliphatic rings. The van der Waals surface area contributed by atoms with Gasteiger partial charge in [0.1, 0.15) is 5.75 Å². The van der Waals surface area contributed by atoms with Crippen molar-refractivity contribution in [1.29, 1.82) is 0 Å². The summed E-state index contributed by atoms with van der Waals surface area (Å²) in [5.74, 6) is 0.224. The molecule has 1 aromatic rings. The number of aliphatic hydroxyl groups excluding tert-OH is 1. The molecule has 17 heavy (non-hydrogen) atoms. The first kappa shape index (κ1) is 16.7. The Morgan fingerprint density at radius 1 is 1.41 bits per heavy atom. The minimum Gasteiger partial charge on any atom is -0.508 e. The minimum atomic E-state index is -0.642. The Morgan fingerprint density at radius 2 is 2.00 bits per heavy atom. The van der Waals surface area contributed by atoms with E-state index in [9.17, 15) is 10.2 Å². The molecule has 0 bridgehead atoms. The van der Waals surface area contributed by atoms with Gasteiger partial charge in [0.05, 0.1) is 12.1 Å². The Morgan fingerprint density at radius 3 is 2.47 bits per heavy atom. The maximum absolute atomic E-state index is 9.99. The molecule has 0 fully saturated rings. The van der Waals surface area contributed by atoms with Crippen molar-refractivity contribution in [1.82, 2.24) is 0 Å². The first-order valence-corrected chi connectivity index (χ1v) is 6.18. The molecule has 0 spiro atoms. The van der Waals surface area contributed by atoms with Crippen LogP contribution in [0.1, 0.15) is 31.9 Å². The molecular formula is C12H19BrClNO2. The second kappa shape index (κ2) is 7.21. The van der Waals surface area contributed by atoms with Crippen molar-refractivity contribution >= 4 is 28.3 Å². The van der Waals surface area contributed by atoms with Crippen LogP contribution < -0.4 is 5.73 Å². The molecule has 0 saturated heterocycles. The predicted molar refractivity (Wildman–Crippen MR) is 75.4 cm³/mol. The molecular weight excluding hydrogens is 305 g/mol. The molecule has 0 saturated carbocycles. The summed E-state index contributed by atoms with van der Waals surface area (Å²) in [5, 5.41) is 19.7. The van der Waals surface area contributed by atoms with Gasteiger partial charge in [-0.3, -0.25) is 0 Å². The average molecular weight is 325 g/mol. The van der Waals surface area contributed by atoms with E-state index in [4.69, 9.17) is 5.73 Å². The fraction of sp³-hybridized carbons (Fsp3) is 0.500. The highest BCUT2D eigenvalue weighted by Crippen LogP contribution is 2.30. The Hall–Kier alpha value is -0.290. The summed E-state index contributed by atoms with van der Waals surface area (Å²) >= 11 is 3.26. The summed E-state index contributed by atoms with van der Waals surface area (Å²) in [4.78, 5) is 0. The van der Waals surface area contributed by atoms with Gasteiger partial charge in [-0.15, -0.1) is 12.4 Å². The summed E-state index contributed by atoms with van der Waals surface area (Å²) < 4.78 is 0.791. The molecule has 0 amide bonds. The number of hydrogen-bond donors (Lipinski definition) is 3. The Labute approximate surface area is 117 Å². The van der Waals surface area contributed by atoms with Crippen molar-refractivity contribution in [2.75, 3.05) is 0 Å². The topological polar surface area (TPSA) is 66.5 Å². The van der Waals surface area contributed by atoms with Gasteiger partial charge in [-0.25, -0.2) is 0 Å². The Kier molecular flexibility index (Phi) is 7.09. The van der Waals surface area contributed by atoms with Gasteiger partial charge < -0.3 is 15.9 Å². The van der Waals surface area contributed by atoms with E-state index >= 15 is 0 Å². The lowest BCUT2D eigenvalue weighted by molar-refractivity contribution is 0.0871. The summed E-state index contributed by atoms with van der Waals surface area (Å²) in [6, 6.07) is 4.56. The number of aromatic hydroxyl groups is 1. The highest BCUT2D eigenvalue weighted by atomic mass is 79.9. The highest BCUT2D eigenvalue weighted by molar-refractivity contribution is 9.10. The zero-order valence-corrected chi connectivity index (χ0v) is 12.3. The van der Waals surface area contributed by atoms with Crippen LogP contribution in [0.3, 0.4) is 0 Å². The van der Waals surface area contributed by atoms with Crippen LogP contribution in [0.5, 0.6) is 5.75 Å². The van der Waals surface area contributed by atoms with Gasteiger partial charge in [-0.05, 0) is 18.1 Å². The van der Waals surface area contributed by atoms with Crippen LogP contribution >= 0.6 is 28.3 Å². The van der Waals surface area contributed by atoms with E-state index in [1.807, 2.05) is 13.8 Å². The maximum Gasteiger partial charge on any atom is 0.121 e. The molecule has 3 nitrogen and oxygen atoms in total. The van der Waals surface area contributed by atoms with Crippen LogP contribution in [0.25, 0.3) is 0 Å². The number of rotatable bonds is 4. The number of phenolic OH excluding ortho intramolecular Hbond substituents is 1. The molecule has 1 unspecified atom stereocenters. The van der Waals surface area contributed by atoms with Crippen LogP contribution in [-0.4, -0.2) is 16.3 Å². The van der Waals surface area contributed by atoms with Crippen LogP contribution in [-0.2, 0) is 0 Å². The van der Waals surface area contributed by atoms with Crippen molar-refractivity contribution < 1.29 is 10.2 Å². The normalized spacial score (nSPS) is 15.8. The van der Waals surface area contributed by atoms with Crippen molar-refractivity contribution in [3.63, 3.8) is 0 Å². The molecule has 98 valence electrons. The fourth-order valence-corrected chi connectivity index (χ4v) is 1.93. The van der Waals surface area contributed by atoms with Gasteiger partial charge in [0.25, 0.3) is 0 Å². The van der Waals surface area contributed by atoms with Crippen molar-refractivity contribution in [2.45, 2.75) is 32.4 Å². The van der Waals surface area contributed by atoms with E-state index in [1.165, 1.54) is 0 Å². The van der Waals surface area contributed by atoms with Gasteiger partial charge in [-0.2, -0.15) is 0 Å². The lowest BCUT2D eigenvalue weighted by Gasteiger charge is -2.24. The van der Waals surface area contributed by atoms with Crippen LogP contribution in [0.15, 0.2) is 22.7 Å². The molecule has 0 heterocycles. The quantitative estimate of drug-likeness (QED) is 0.797. The predicted octanol–water partition coefficient (Wildman–Crippen LogP) is 2.98. The lowest BCUT2D eigenvalue weighted by atomic mass is 9.91. The van der Waals surface area contributed by atoms with E-state index in [2.05, 4.69) is 15.9 Å². The zero-order chi connectivity index (χ0) is 12.3. The number of phenols is 1. The van der Waals surface area contributed by atoms with Crippen molar-refractivity contribution in [2.24, 2.45) is 11.7 Å². The number of halogens is 2. The van der Waals surface area contributed by atoms with E-state index in [-0.39, 0.29) is 24.1 Å². The number of aliphatic hydroxyl groups is 1. The van der Waals surface area contributed by atoms with Crippen molar-refractivity contribution in [3.05, 3.63) is 28.2 Å². The van der Waals surface area contributed by atoms with Crippen LogP contribution in [0.4, 0.5) is 0 Å². The van der Waals surface area contributed by atoms with Gasteiger partial charge in [0.2, 0.25) is 0 Å².